The molecule has 2 atom stereocenters. The van der Waals surface area contributed by atoms with Crippen molar-refractivity contribution in [3.05, 3.63) is 35.9 Å². The number of nitrogens with zero attached hydrogens (tertiary/aromatic N) is 3. The van der Waals surface area contributed by atoms with Crippen molar-refractivity contribution in [2.24, 2.45) is 0 Å². The van der Waals surface area contributed by atoms with Gasteiger partial charge < -0.3 is 15.4 Å². The van der Waals surface area contributed by atoms with Gasteiger partial charge in [-0.3, -0.25) is 0 Å². The van der Waals surface area contributed by atoms with E-state index in [1.807, 2.05) is 42.8 Å². The number of anilines is 1. The first-order chi connectivity index (χ1) is 12.0. The van der Waals surface area contributed by atoms with Gasteiger partial charge in [-0.25, -0.2) is 14.5 Å². The topological polar surface area (TPSA) is 81.1 Å². The molecule has 7 heteroatoms. The SMILES string of the molecule is CC[C@H](C)Oc1cccc(NC(=O)N[C@H]2CCc3nc(C)nn3C2)c1. The van der Waals surface area contributed by atoms with Crippen LogP contribution >= 0.6 is 0 Å². The van der Waals surface area contributed by atoms with Crippen molar-refractivity contribution in [2.75, 3.05) is 5.32 Å². The lowest BCUT2D eigenvalue weighted by Crippen LogP contribution is -2.43. The van der Waals surface area contributed by atoms with E-state index < -0.39 is 0 Å². The third kappa shape index (κ3) is 4.49. The summed E-state index contributed by atoms with van der Waals surface area (Å²) < 4.78 is 7.67. The number of hydrogen-bond acceptors (Lipinski definition) is 4. The van der Waals surface area contributed by atoms with Crippen LogP contribution in [-0.2, 0) is 13.0 Å². The predicted molar refractivity (Wildman–Crippen MR) is 95.8 cm³/mol. The van der Waals surface area contributed by atoms with Gasteiger partial charge in [0.2, 0.25) is 0 Å². The molecule has 134 valence electrons. The van der Waals surface area contributed by atoms with E-state index in [1.54, 1.807) is 0 Å². The molecule has 1 aromatic heterocycles. The maximum atomic E-state index is 12.3. The Bertz CT molecular complexity index is 743. The number of nitrogens with one attached hydrogen (secondary N) is 2. The number of amides is 2. The van der Waals surface area contributed by atoms with Gasteiger partial charge in [-0.05, 0) is 38.8 Å². The van der Waals surface area contributed by atoms with E-state index >= 15 is 0 Å². The third-order valence-corrected chi connectivity index (χ3v) is 4.30. The van der Waals surface area contributed by atoms with Gasteiger partial charge in [-0.1, -0.05) is 13.0 Å². The number of hydrogen-bond donors (Lipinski definition) is 2. The minimum Gasteiger partial charge on any atom is -0.491 e. The first-order valence-corrected chi connectivity index (χ1v) is 8.78. The molecule has 25 heavy (non-hydrogen) atoms. The van der Waals surface area contributed by atoms with Crippen molar-refractivity contribution in [1.82, 2.24) is 20.1 Å². The molecule has 1 aliphatic heterocycles. The van der Waals surface area contributed by atoms with Crippen LogP contribution < -0.4 is 15.4 Å². The van der Waals surface area contributed by atoms with Gasteiger partial charge in [-0.15, -0.1) is 0 Å². The first kappa shape index (κ1) is 17.3. The van der Waals surface area contributed by atoms with Gasteiger partial charge in [0.25, 0.3) is 0 Å². The van der Waals surface area contributed by atoms with Gasteiger partial charge in [-0.2, -0.15) is 5.10 Å². The molecular weight excluding hydrogens is 318 g/mol. The number of carbonyl (C=O) groups excluding carboxylic acids is 1. The van der Waals surface area contributed by atoms with Crippen LogP contribution in [-0.4, -0.2) is 32.9 Å². The molecule has 0 fully saturated rings. The predicted octanol–water partition coefficient (Wildman–Crippen LogP) is 2.90. The Kier molecular flexibility index (Phi) is 5.21. The largest absolute Gasteiger partial charge is 0.491 e. The molecule has 1 aliphatic rings. The molecule has 0 radical (unpaired) electrons. The van der Waals surface area contributed by atoms with Gasteiger partial charge in [0.1, 0.15) is 17.4 Å². The Morgan fingerprint density at radius 2 is 2.32 bits per heavy atom. The number of urea groups is 1. The van der Waals surface area contributed by atoms with E-state index in [9.17, 15) is 4.79 Å². The molecule has 0 bridgehead atoms. The molecule has 2 heterocycles. The lowest BCUT2D eigenvalue weighted by Gasteiger charge is -2.23. The van der Waals surface area contributed by atoms with Crippen LogP contribution in [0.1, 0.15) is 38.3 Å². The maximum absolute atomic E-state index is 12.3. The molecule has 0 spiro atoms. The van der Waals surface area contributed by atoms with E-state index in [4.69, 9.17) is 4.74 Å². The zero-order valence-electron chi connectivity index (χ0n) is 15.0. The van der Waals surface area contributed by atoms with Crippen LogP contribution in [0.2, 0.25) is 0 Å². The second-order valence-corrected chi connectivity index (χ2v) is 6.46. The average Bonchev–Trinajstić information content (AvgIpc) is 2.94. The van der Waals surface area contributed by atoms with Crippen molar-refractivity contribution in [2.45, 2.75) is 58.7 Å². The highest BCUT2D eigenvalue weighted by Gasteiger charge is 2.22. The first-order valence-electron chi connectivity index (χ1n) is 8.78. The highest BCUT2D eigenvalue weighted by atomic mass is 16.5. The van der Waals surface area contributed by atoms with Crippen molar-refractivity contribution >= 4 is 11.7 Å². The van der Waals surface area contributed by atoms with Crippen molar-refractivity contribution in [1.29, 1.82) is 0 Å². The number of fused-ring (bicyclic) bond motifs is 1. The van der Waals surface area contributed by atoms with Crippen LogP contribution in [0, 0.1) is 6.92 Å². The van der Waals surface area contributed by atoms with Crippen molar-refractivity contribution in [3.8, 4) is 5.75 Å². The Morgan fingerprint density at radius 3 is 3.12 bits per heavy atom. The van der Waals surface area contributed by atoms with E-state index in [2.05, 4.69) is 27.6 Å². The van der Waals surface area contributed by atoms with E-state index in [1.165, 1.54) is 0 Å². The molecule has 1 aromatic carbocycles. The van der Waals surface area contributed by atoms with Gasteiger partial charge in [0.15, 0.2) is 0 Å². The Labute approximate surface area is 147 Å². The summed E-state index contributed by atoms with van der Waals surface area (Å²) in [4.78, 5) is 16.7. The molecule has 3 rings (SSSR count). The van der Waals surface area contributed by atoms with Crippen molar-refractivity contribution in [3.63, 3.8) is 0 Å². The summed E-state index contributed by atoms with van der Waals surface area (Å²) in [7, 11) is 0. The number of rotatable bonds is 5. The fourth-order valence-corrected chi connectivity index (χ4v) is 2.87. The summed E-state index contributed by atoms with van der Waals surface area (Å²) in [5.74, 6) is 2.52. The van der Waals surface area contributed by atoms with Crippen LogP contribution in [0.15, 0.2) is 24.3 Å². The minimum absolute atomic E-state index is 0.0492. The molecule has 2 aromatic rings. The quantitative estimate of drug-likeness (QED) is 0.875. The standard InChI is InChI=1S/C18H25N5O2/c1-4-12(2)25-16-7-5-6-14(10-16)20-18(24)21-15-8-9-17-19-13(3)22-23(17)11-15/h5-7,10,12,15H,4,8-9,11H2,1-3H3,(H2,20,21,24)/t12-,15-/m0/s1. The second-order valence-electron chi connectivity index (χ2n) is 6.46. The van der Waals surface area contributed by atoms with E-state index in [0.717, 1.165) is 36.7 Å². The molecule has 0 unspecified atom stereocenters. The Morgan fingerprint density at radius 1 is 1.48 bits per heavy atom. The fraction of sp³-hybridized carbons (Fsp3) is 0.500. The van der Waals surface area contributed by atoms with Crippen LogP contribution in [0.25, 0.3) is 0 Å². The number of carbonyl (C=O) groups is 1. The summed E-state index contributed by atoms with van der Waals surface area (Å²) in [6.45, 7) is 6.64. The fourth-order valence-electron chi connectivity index (χ4n) is 2.87. The molecule has 2 amide bonds. The normalized spacial score (nSPS) is 17.5. The molecular formula is C18H25N5O2. The summed E-state index contributed by atoms with van der Waals surface area (Å²) in [5, 5.41) is 10.2. The zero-order chi connectivity index (χ0) is 17.8. The molecule has 0 saturated heterocycles. The lowest BCUT2D eigenvalue weighted by molar-refractivity contribution is 0.217. The minimum atomic E-state index is -0.217. The van der Waals surface area contributed by atoms with Crippen LogP contribution in [0.5, 0.6) is 5.75 Å². The van der Waals surface area contributed by atoms with Crippen molar-refractivity contribution < 1.29 is 9.53 Å². The third-order valence-electron chi connectivity index (χ3n) is 4.30. The summed E-state index contributed by atoms with van der Waals surface area (Å²) in [6.07, 6.45) is 2.77. The second kappa shape index (κ2) is 7.55. The van der Waals surface area contributed by atoms with E-state index in [0.29, 0.717) is 12.2 Å². The average molecular weight is 343 g/mol. The van der Waals surface area contributed by atoms with Crippen LogP contribution in [0.4, 0.5) is 10.5 Å². The van der Waals surface area contributed by atoms with Gasteiger partial charge in [0, 0.05) is 18.2 Å². The maximum Gasteiger partial charge on any atom is 0.319 e. The van der Waals surface area contributed by atoms with Crippen LogP contribution in [0.3, 0.4) is 0 Å². The lowest BCUT2D eigenvalue weighted by atomic mass is 10.1. The smallest absolute Gasteiger partial charge is 0.319 e. The Balaban J connectivity index is 1.55. The zero-order valence-corrected chi connectivity index (χ0v) is 15.0. The molecule has 7 nitrogen and oxygen atoms in total. The van der Waals surface area contributed by atoms with Gasteiger partial charge >= 0.3 is 6.03 Å². The summed E-state index contributed by atoms with van der Waals surface area (Å²) in [6, 6.07) is 7.29. The summed E-state index contributed by atoms with van der Waals surface area (Å²) >= 11 is 0. The molecule has 0 saturated carbocycles. The molecule has 0 aliphatic carbocycles. The van der Waals surface area contributed by atoms with E-state index in [-0.39, 0.29) is 18.2 Å². The molecule has 2 N–H and O–H groups in total. The number of aryl methyl sites for hydroxylation is 2. The number of aromatic nitrogens is 3. The Hall–Kier alpha value is -2.57. The number of benzene rings is 1. The number of ether oxygens (including phenoxy) is 1. The highest BCUT2D eigenvalue weighted by molar-refractivity contribution is 5.89. The highest BCUT2D eigenvalue weighted by Crippen LogP contribution is 2.19. The summed E-state index contributed by atoms with van der Waals surface area (Å²) in [5.41, 5.74) is 0.714. The monoisotopic (exact) mass is 343 g/mol. The van der Waals surface area contributed by atoms with Gasteiger partial charge in [0.05, 0.1) is 18.7 Å².